The number of benzene rings is 3. The average Bonchev–Trinajstić information content (AvgIpc) is 2.91. The highest BCUT2D eigenvalue weighted by Crippen LogP contribution is 2.41. The molecule has 0 bridgehead atoms. The van der Waals surface area contributed by atoms with Gasteiger partial charge in [-0.2, -0.15) is 0 Å². The average molecular weight is 522 g/mol. The zero-order valence-corrected chi connectivity index (χ0v) is 22.6. The van der Waals surface area contributed by atoms with Gasteiger partial charge in [-0.1, -0.05) is 12.1 Å². The molecule has 7 heteroatoms. The van der Waals surface area contributed by atoms with E-state index < -0.39 is 5.82 Å². The van der Waals surface area contributed by atoms with Gasteiger partial charge in [-0.05, 0) is 99.7 Å². The van der Waals surface area contributed by atoms with E-state index >= 15 is 0 Å². The van der Waals surface area contributed by atoms with Gasteiger partial charge < -0.3 is 23.8 Å². The maximum absolute atomic E-state index is 14.0. The van der Waals surface area contributed by atoms with Gasteiger partial charge in [0.25, 0.3) is 5.91 Å². The predicted octanol–water partition coefficient (Wildman–Crippen LogP) is 6.40. The monoisotopic (exact) mass is 521 g/mol. The van der Waals surface area contributed by atoms with Gasteiger partial charge >= 0.3 is 0 Å². The normalized spacial score (nSPS) is 14.6. The zero-order chi connectivity index (χ0) is 27.1. The lowest BCUT2D eigenvalue weighted by Crippen LogP contribution is -2.41. The minimum Gasteiger partial charge on any atom is -0.490 e. The smallest absolute Gasteiger partial charge is 0.254 e. The third-order valence-corrected chi connectivity index (χ3v) is 6.53. The van der Waals surface area contributed by atoms with Gasteiger partial charge in [0.15, 0.2) is 23.0 Å². The van der Waals surface area contributed by atoms with Gasteiger partial charge in [0, 0.05) is 12.1 Å². The Balaban J connectivity index is 1.78. The molecule has 0 saturated carbocycles. The minimum atomic E-state index is -0.433. The molecule has 0 saturated heterocycles. The number of carbonyl (C=O) groups excluding carboxylic acids is 1. The van der Waals surface area contributed by atoms with E-state index in [0.717, 1.165) is 16.7 Å². The van der Waals surface area contributed by atoms with Crippen LogP contribution in [-0.2, 0) is 12.8 Å². The topological polar surface area (TPSA) is 57.2 Å². The van der Waals surface area contributed by atoms with Crippen molar-refractivity contribution in [1.82, 2.24) is 4.90 Å². The Bertz CT molecular complexity index is 1260. The molecular weight excluding hydrogens is 485 g/mol. The van der Waals surface area contributed by atoms with Gasteiger partial charge in [0.1, 0.15) is 5.82 Å². The quantitative estimate of drug-likeness (QED) is 0.292. The van der Waals surface area contributed by atoms with Crippen LogP contribution in [0.5, 0.6) is 23.0 Å². The Morgan fingerprint density at radius 1 is 0.816 bits per heavy atom. The SMILES string of the molecule is CCOc1ccc(CC2c3cc(OCC)c(OCC)cc3CCN2C(=O)c2cccc(F)c2)cc1OCC. The summed E-state index contributed by atoms with van der Waals surface area (Å²) in [6.07, 6.45) is 1.20. The molecule has 1 unspecified atom stereocenters. The van der Waals surface area contributed by atoms with E-state index in [0.29, 0.717) is 74.4 Å². The molecule has 0 spiro atoms. The van der Waals surface area contributed by atoms with Crippen molar-refractivity contribution in [3.63, 3.8) is 0 Å². The second-order valence-electron chi connectivity index (χ2n) is 8.99. The maximum atomic E-state index is 14.0. The predicted molar refractivity (Wildman–Crippen MR) is 145 cm³/mol. The molecule has 1 aliphatic heterocycles. The summed E-state index contributed by atoms with van der Waals surface area (Å²) >= 11 is 0. The largest absolute Gasteiger partial charge is 0.490 e. The molecule has 1 heterocycles. The van der Waals surface area contributed by atoms with Crippen molar-refractivity contribution in [2.24, 2.45) is 0 Å². The van der Waals surface area contributed by atoms with Crippen LogP contribution < -0.4 is 18.9 Å². The van der Waals surface area contributed by atoms with Crippen molar-refractivity contribution >= 4 is 5.91 Å². The summed E-state index contributed by atoms with van der Waals surface area (Å²) in [6.45, 7) is 10.3. The third kappa shape index (κ3) is 6.04. The summed E-state index contributed by atoms with van der Waals surface area (Å²) < 4.78 is 37.4. The van der Waals surface area contributed by atoms with Crippen molar-refractivity contribution in [2.75, 3.05) is 33.0 Å². The van der Waals surface area contributed by atoms with Crippen molar-refractivity contribution in [1.29, 1.82) is 0 Å². The second kappa shape index (κ2) is 12.7. The second-order valence-corrected chi connectivity index (χ2v) is 8.99. The highest BCUT2D eigenvalue weighted by molar-refractivity contribution is 5.94. The first-order valence-electron chi connectivity index (χ1n) is 13.4. The van der Waals surface area contributed by atoms with Crippen LogP contribution in [0.15, 0.2) is 54.6 Å². The molecule has 1 amide bonds. The van der Waals surface area contributed by atoms with Gasteiger partial charge in [-0.3, -0.25) is 4.79 Å². The number of ether oxygens (including phenoxy) is 4. The van der Waals surface area contributed by atoms with Crippen LogP contribution in [0.3, 0.4) is 0 Å². The molecule has 0 aromatic heterocycles. The Morgan fingerprint density at radius 3 is 2.11 bits per heavy atom. The van der Waals surface area contributed by atoms with Crippen LogP contribution in [-0.4, -0.2) is 43.8 Å². The van der Waals surface area contributed by atoms with Crippen LogP contribution in [0, 0.1) is 5.82 Å². The molecule has 0 fully saturated rings. The number of halogens is 1. The van der Waals surface area contributed by atoms with E-state index in [1.54, 1.807) is 12.1 Å². The number of carbonyl (C=O) groups is 1. The van der Waals surface area contributed by atoms with Gasteiger partial charge in [0.05, 0.1) is 32.5 Å². The molecular formula is C31H36FNO5. The summed E-state index contributed by atoms with van der Waals surface area (Å²) in [6, 6.07) is 15.5. The van der Waals surface area contributed by atoms with E-state index in [9.17, 15) is 9.18 Å². The van der Waals surface area contributed by atoms with Crippen molar-refractivity contribution in [3.05, 3.63) is 82.7 Å². The molecule has 1 aliphatic rings. The van der Waals surface area contributed by atoms with Crippen molar-refractivity contribution in [2.45, 2.75) is 46.6 Å². The van der Waals surface area contributed by atoms with E-state index in [1.807, 2.05) is 62.9 Å². The zero-order valence-electron chi connectivity index (χ0n) is 22.6. The van der Waals surface area contributed by atoms with Crippen LogP contribution in [0.2, 0.25) is 0 Å². The fourth-order valence-corrected chi connectivity index (χ4v) is 4.94. The summed E-state index contributed by atoms with van der Waals surface area (Å²) in [5, 5.41) is 0. The van der Waals surface area contributed by atoms with Crippen LogP contribution >= 0.6 is 0 Å². The molecule has 38 heavy (non-hydrogen) atoms. The van der Waals surface area contributed by atoms with Gasteiger partial charge in [-0.15, -0.1) is 0 Å². The Morgan fingerprint density at radius 2 is 1.45 bits per heavy atom. The van der Waals surface area contributed by atoms with Crippen LogP contribution in [0.4, 0.5) is 4.39 Å². The highest BCUT2D eigenvalue weighted by Gasteiger charge is 2.33. The summed E-state index contributed by atoms with van der Waals surface area (Å²) in [5.41, 5.74) is 3.44. The number of amides is 1. The number of rotatable bonds is 11. The van der Waals surface area contributed by atoms with Crippen molar-refractivity contribution in [3.8, 4) is 23.0 Å². The minimum absolute atomic E-state index is 0.206. The number of nitrogens with zero attached hydrogens (tertiary/aromatic N) is 1. The Kier molecular flexibility index (Phi) is 9.10. The molecule has 0 aliphatic carbocycles. The van der Waals surface area contributed by atoms with Gasteiger partial charge in [0.2, 0.25) is 0 Å². The lowest BCUT2D eigenvalue weighted by molar-refractivity contribution is 0.0658. The lowest BCUT2D eigenvalue weighted by Gasteiger charge is -2.38. The molecule has 202 valence electrons. The van der Waals surface area contributed by atoms with Gasteiger partial charge in [-0.25, -0.2) is 4.39 Å². The maximum Gasteiger partial charge on any atom is 0.254 e. The fourth-order valence-electron chi connectivity index (χ4n) is 4.94. The number of hydrogen-bond donors (Lipinski definition) is 0. The summed E-state index contributed by atoms with van der Waals surface area (Å²) in [7, 11) is 0. The molecule has 4 rings (SSSR count). The molecule has 3 aromatic carbocycles. The summed E-state index contributed by atoms with van der Waals surface area (Å²) in [4.78, 5) is 15.5. The highest BCUT2D eigenvalue weighted by atomic mass is 19.1. The molecule has 1 atom stereocenters. The summed E-state index contributed by atoms with van der Waals surface area (Å²) in [5.74, 6) is 2.08. The van der Waals surface area contributed by atoms with E-state index in [1.165, 1.54) is 12.1 Å². The van der Waals surface area contributed by atoms with E-state index in [-0.39, 0.29) is 11.9 Å². The molecule has 3 aromatic rings. The molecule has 0 radical (unpaired) electrons. The fraction of sp³-hybridized carbons (Fsp3) is 0.387. The van der Waals surface area contributed by atoms with Crippen molar-refractivity contribution < 1.29 is 28.1 Å². The van der Waals surface area contributed by atoms with Crippen LogP contribution in [0.1, 0.15) is 60.8 Å². The first-order valence-corrected chi connectivity index (χ1v) is 13.4. The lowest BCUT2D eigenvalue weighted by atomic mass is 9.87. The molecule has 6 nitrogen and oxygen atoms in total. The van der Waals surface area contributed by atoms with E-state index in [2.05, 4.69) is 0 Å². The third-order valence-electron chi connectivity index (χ3n) is 6.53. The first-order chi connectivity index (χ1) is 18.5. The Hall–Kier alpha value is -3.74. The Labute approximate surface area is 224 Å². The van der Waals surface area contributed by atoms with Crippen LogP contribution in [0.25, 0.3) is 0 Å². The molecule has 0 N–H and O–H groups in total. The number of hydrogen-bond acceptors (Lipinski definition) is 5. The number of fused-ring (bicyclic) bond motifs is 1. The first kappa shape index (κ1) is 27.3. The van der Waals surface area contributed by atoms with E-state index in [4.69, 9.17) is 18.9 Å². The standard InChI is InChI=1S/C31H36FNO5/c1-5-35-27-13-12-21(17-28(27)36-6-2)16-26-25-20-30(38-8-4)29(37-7-3)19-22(25)14-15-33(26)31(34)23-10-9-11-24(32)18-23/h9-13,17-20,26H,5-8,14-16H2,1-4H3.